The van der Waals surface area contributed by atoms with Gasteiger partial charge in [0.25, 0.3) is 0 Å². The van der Waals surface area contributed by atoms with Crippen molar-refractivity contribution < 1.29 is 13.8 Å². The van der Waals surface area contributed by atoms with Crippen LogP contribution in [0, 0.1) is 0 Å². The van der Waals surface area contributed by atoms with Crippen molar-refractivity contribution in [2.24, 2.45) is 5.73 Å². The summed E-state index contributed by atoms with van der Waals surface area (Å²) in [4.78, 5) is 8.66. The summed E-state index contributed by atoms with van der Waals surface area (Å²) in [6.45, 7) is 2.36. The Morgan fingerprint density at radius 3 is 2.38 bits per heavy atom. The summed E-state index contributed by atoms with van der Waals surface area (Å²) < 4.78 is 15.6. The van der Waals surface area contributed by atoms with Gasteiger partial charge in [0, 0.05) is 32.1 Å². The lowest BCUT2D eigenvalue weighted by molar-refractivity contribution is 0.109. The summed E-state index contributed by atoms with van der Waals surface area (Å²) in [6.07, 6.45) is 0.850. The summed E-state index contributed by atoms with van der Waals surface area (Å²) >= 11 is 0. The number of nitrogens with zero attached hydrogens (tertiary/aromatic N) is 4. The molecule has 0 fully saturated rings. The molecule has 3 rings (SSSR count). The van der Waals surface area contributed by atoms with Crippen molar-refractivity contribution in [2.45, 2.75) is 32.4 Å². The highest BCUT2D eigenvalue weighted by Gasteiger charge is 2.14. The highest BCUT2D eigenvalue weighted by atomic mass is 16.5. The molecular formula is C16H19N5O3. The SMILES string of the molecule is COC(C)c1noc(CCc2nc(-c3ccc(CN)cc3)no2)n1. The van der Waals surface area contributed by atoms with Crippen LogP contribution in [-0.4, -0.2) is 27.4 Å². The van der Waals surface area contributed by atoms with Crippen LogP contribution >= 0.6 is 0 Å². The first-order valence-electron chi connectivity index (χ1n) is 7.67. The molecule has 2 N–H and O–H groups in total. The number of benzene rings is 1. The predicted molar refractivity (Wildman–Crippen MR) is 84.8 cm³/mol. The third kappa shape index (κ3) is 3.66. The van der Waals surface area contributed by atoms with Crippen LogP contribution in [0.1, 0.15) is 36.2 Å². The first-order chi connectivity index (χ1) is 11.7. The van der Waals surface area contributed by atoms with Gasteiger partial charge < -0.3 is 19.5 Å². The van der Waals surface area contributed by atoms with E-state index in [9.17, 15) is 0 Å². The van der Waals surface area contributed by atoms with Crippen LogP contribution in [0.25, 0.3) is 11.4 Å². The van der Waals surface area contributed by atoms with Crippen molar-refractivity contribution in [1.29, 1.82) is 0 Å². The molecule has 3 aromatic rings. The Morgan fingerprint density at radius 2 is 1.71 bits per heavy atom. The fraction of sp³-hybridized carbons (Fsp3) is 0.375. The van der Waals surface area contributed by atoms with Crippen molar-refractivity contribution in [3.8, 4) is 11.4 Å². The van der Waals surface area contributed by atoms with Crippen LogP contribution in [-0.2, 0) is 24.1 Å². The van der Waals surface area contributed by atoms with Crippen LogP contribution in [0.4, 0.5) is 0 Å². The number of ether oxygens (including phenoxy) is 1. The third-order valence-corrected chi connectivity index (χ3v) is 3.67. The van der Waals surface area contributed by atoms with Crippen molar-refractivity contribution >= 4 is 0 Å². The van der Waals surface area contributed by atoms with Crippen molar-refractivity contribution in [1.82, 2.24) is 20.3 Å². The second-order valence-corrected chi connectivity index (χ2v) is 5.34. The lowest BCUT2D eigenvalue weighted by atomic mass is 10.1. The molecule has 1 unspecified atom stereocenters. The highest BCUT2D eigenvalue weighted by Crippen LogP contribution is 2.17. The number of aryl methyl sites for hydroxylation is 2. The summed E-state index contributed by atoms with van der Waals surface area (Å²) in [5, 5.41) is 7.88. The molecule has 0 aliphatic carbocycles. The zero-order valence-electron chi connectivity index (χ0n) is 13.6. The van der Waals surface area contributed by atoms with Gasteiger partial charge in [-0.2, -0.15) is 9.97 Å². The molecule has 0 amide bonds. The molecule has 0 aliphatic heterocycles. The normalized spacial score (nSPS) is 12.5. The lowest BCUT2D eigenvalue weighted by Gasteiger charge is -2.00. The van der Waals surface area contributed by atoms with E-state index in [1.54, 1.807) is 7.11 Å². The molecule has 1 aromatic carbocycles. The molecule has 2 aromatic heterocycles. The van der Waals surface area contributed by atoms with Crippen molar-refractivity contribution in [3.63, 3.8) is 0 Å². The van der Waals surface area contributed by atoms with E-state index in [0.717, 1.165) is 11.1 Å². The van der Waals surface area contributed by atoms with E-state index in [4.69, 9.17) is 19.5 Å². The van der Waals surface area contributed by atoms with Gasteiger partial charge in [0.05, 0.1) is 0 Å². The van der Waals surface area contributed by atoms with E-state index < -0.39 is 0 Å². The van der Waals surface area contributed by atoms with Gasteiger partial charge in [0.15, 0.2) is 5.82 Å². The molecule has 24 heavy (non-hydrogen) atoms. The zero-order chi connectivity index (χ0) is 16.9. The van der Waals surface area contributed by atoms with Crippen LogP contribution in [0.15, 0.2) is 33.3 Å². The Bertz CT molecular complexity index is 781. The first-order valence-corrected chi connectivity index (χ1v) is 7.67. The van der Waals surface area contributed by atoms with Gasteiger partial charge in [0.2, 0.25) is 17.6 Å². The molecule has 0 saturated carbocycles. The van der Waals surface area contributed by atoms with Gasteiger partial charge in [-0.25, -0.2) is 0 Å². The summed E-state index contributed by atoms with van der Waals surface area (Å²) in [7, 11) is 1.60. The number of rotatable bonds is 7. The maximum atomic E-state index is 5.59. The van der Waals surface area contributed by atoms with E-state index >= 15 is 0 Å². The van der Waals surface area contributed by atoms with Crippen LogP contribution in [0.3, 0.4) is 0 Å². The fourth-order valence-corrected chi connectivity index (χ4v) is 2.12. The van der Waals surface area contributed by atoms with Gasteiger partial charge in [-0.05, 0) is 12.5 Å². The largest absolute Gasteiger partial charge is 0.374 e. The van der Waals surface area contributed by atoms with E-state index in [0.29, 0.717) is 42.8 Å². The highest BCUT2D eigenvalue weighted by molar-refractivity contribution is 5.54. The van der Waals surface area contributed by atoms with Gasteiger partial charge in [-0.3, -0.25) is 0 Å². The maximum absolute atomic E-state index is 5.59. The molecule has 0 spiro atoms. The van der Waals surface area contributed by atoms with E-state index in [1.807, 2.05) is 31.2 Å². The van der Waals surface area contributed by atoms with E-state index in [1.165, 1.54) is 0 Å². The number of hydrogen-bond donors (Lipinski definition) is 1. The van der Waals surface area contributed by atoms with Gasteiger partial charge in [-0.15, -0.1) is 0 Å². The first kappa shape index (κ1) is 16.3. The Labute approximate surface area is 139 Å². The molecular weight excluding hydrogens is 310 g/mol. The Morgan fingerprint density at radius 1 is 1.04 bits per heavy atom. The number of methoxy groups -OCH3 is 1. The number of aromatic nitrogens is 4. The summed E-state index contributed by atoms with van der Waals surface area (Å²) in [5.41, 5.74) is 7.53. The minimum Gasteiger partial charge on any atom is -0.374 e. The molecule has 1 atom stereocenters. The smallest absolute Gasteiger partial charge is 0.227 e. The molecule has 0 aliphatic rings. The predicted octanol–water partition coefficient (Wildman–Crippen LogP) is 2.07. The van der Waals surface area contributed by atoms with Gasteiger partial charge in [-0.1, -0.05) is 34.6 Å². The van der Waals surface area contributed by atoms with Crippen LogP contribution in [0.5, 0.6) is 0 Å². The van der Waals surface area contributed by atoms with Crippen LogP contribution < -0.4 is 5.73 Å². The average molecular weight is 329 g/mol. The van der Waals surface area contributed by atoms with Crippen molar-refractivity contribution in [2.75, 3.05) is 7.11 Å². The average Bonchev–Trinajstić information content (AvgIpc) is 3.29. The van der Waals surface area contributed by atoms with Crippen LogP contribution in [0.2, 0.25) is 0 Å². The van der Waals surface area contributed by atoms with Crippen molar-refractivity contribution in [3.05, 3.63) is 47.4 Å². The molecule has 8 heteroatoms. The van der Waals surface area contributed by atoms with E-state index in [2.05, 4.69) is 20.3 Å². The third-order valence-electron chi connectivity index (χ3n) is 3.67. The second kappa shape index (κ2) is 7.33. The number of nitrogens with two attached hydrogens (primary N) is 1. The number of hydrogen-bond acceptors (Lipinski definition) is 8. The monoisotopic (exact) mass is 329 g/mol. The Kier molecular flexibility index (Phi) is 4.97. The molecule has 126 valence electrons. The zero-order valence-corrected chi connectivity index (χ0v) is 13.6. The van der Waals surface area contributed by atoms with Gasteiger partial charge in [0.1, 0.15) is 6.10 Å². The molecule has 0 saturated heterocycles. The minimum atomic E-state index is -0.200. The topological polar surface area (TPSA) is 113 Å². The summed E-state index contributed by atoms with van der Waals surface area (Å²) in [6, 6.07) is 7.74. The quantitative estimate of drug-likeness (QED) is 0.701. The fourth-order valence-electron chi connectivity index (χ4n) is 2.12. The molecule has 8 nitrogen and oxygen atoms in total. The second-order valence-electron chi connectivity index (χ2n) is 5.34. The molecule has 2 heterocycles. The Hall–Kier alpha value is -2.58. The molecule has 0 bridgehead atoms. The van der Waals surface area contributed by atoms with Gasteiger partial charge >= 0.3 is 0 Å². The maximum Gasteiger partial charge on any atom is 0.227 e. The lowest BCUT2D eigenvalue weighted by Crippen LogP contribution is -1.99. The summed E-state index contributed by atoms with van der Waals surface area (Å²) in [5.74, 6) is 2.11. The Balaban J connectivity index is 1.62. The standard InChI is InChI=1S/C16H19N5O3/c1-10(22-2)15-18-13(23-20-15)7-8-14-19-16(21-24-14)12-5-3-11(9-17)4-6-12/h3-6,10H,7-9,17H2,1-2H3. The molecule has 0 radical (unpaired) electrons. The minimum absolute atomic E-state index is 0.200. The van der Waals surface area contributed by atoms with E-state index in [-0.39, 0.29) is 6.10 Å².